The zero-order valence-electron chi connectivity index (χ0n) is 15.3. The molecule has 140 valence electrons. The largest absolute Gasteiger partial charge is 0.465 e. The molecule has 0 aliphatic carbocycles. The van der Waals surface area contributed by atoms with Crippen LogP contribution in [0.1, 0.15) is 32.8 Å². The van der Waals surface area contributed by atoms with Crippen LogP contribution in [-0.4, -0.2) is 30.6 Å². The highest BCUT2D eigenvalue weighted by Crippen LogP contribution is 2.26. The van der Waals surface area contributed by atoms with Crippen molar-refractivity contribution in [2.24, 2.45) is 11.8 Å². The van der Waals surface area contributed by atoms with E-state index >= 15 is 0 Å². The maximum absolute atomic E-state index is 12.6. The number of hydrogen-bond acceptors (Lipinski definition) is 6. The lowest BCUT2D eigenvalue weighted by Gasteiger charge is -2.22. The number of cyclic esters (lactones) is 2. The van der Waals surface area contributed by atoms with Gasteiger partial charge in [0.15, 0.2) is 0 Å². The van der Waals surface area contributed by atoms with Crippen molar-refractivity contribution in [3.8, 4) is 0 Å². The molecule has 0 bridgehead atoms. The Labute approximate surface area is 153 Å². The highest BCUT2D eigenvalue weighted by Gasteiger charge is 2.32. The molecule has 6 nitrogen and oxygen atoms in total. The van der Waals surface area contributed by atoms with E-state index in [0.29, 0.717) is 12.0 Å². The van der Waals surface area contributed by atoms with Crippen LogP contribution in [0.25, 0.3) is 0 Å². The molecule has 1 heterocycles. The predicted octanol–water partition coefficient (Wildman–Crippen LogP) is 2.81. The van der Waals surface area contributed by atoms with Crippen molar-refractivity contribution in [2.45, 2.75) is 39.7 Å². The van der Waals surface area contributed by atoms with Crippen LogP contribution in [0.5, 0.6) is 0 Å². The molecule has 0 N–H and O–H groups in total. The Balaban J connectivity index is 2.35. The number of rotatable bonds is 4. The Morgan fingerprint density at radius 1 is 1.27 bits per heavy atom. The van der Waals surface area contributed by atoms with E-state index in [2.05, 4.69) is 0 Å². The quantitative estimate of drug-likeness (QED) is 0.467. The zero-order valence-corrected chi connectivity index (χ0v) is 15.3. The van der Waals surface area contributed by atoms with Crippen LogP contribution >= 0.6 is 0 Å². The van der Waals surface area contributed by atoms with Gasteiger partial charge in [-0.05, 0) is 18.9 Å². The Morgan fingerprint density at radius 2 is 1.96 bits per heavy atom. The molecule has 0 saturated carbocycles. The molecule has 1 aliphatic heterocycles. The summed E-state index contributed by atoms with van der Waals surface area (Å²) in [7, 11) is 0. The van der Waals surface area contributed by atoms with E-state index in [0.717, 1.165) is 5.56 Å². The SMILES string of the molecule is CC(C)C(=O)O/C=C1\[C@H](C)OC(=O)CCOC(=O)[C@@H]1Cc1ccccc1. The van der Waals surface area contributed by atoms with Crippen LogP contribution in [0.2, 0.25) is 0 Å². The lowest BCUT2D eigenvalue weighted by molar-refractivity contribution is -0.149. The van der Waals surface area contributed by atoms with Gasteiger partial charge in [0, 0.05) is 5.57 Å². The van der Waals surface area contributed by atoms with Crippen molar-refractivity contribution in [3.05, 3.63) is 47.7 Å². The van der Waals surface area contributed by atoms with Gasteiger partial charge in [-0.15, -0.1) is 0 Å². The second-order valence-corrected chi connectivity index (χ2v) is 6.50. The van der Waals surface area contributed by atoms with Gasteiger partial charge in [0.25, 0.3) is 0 Å². The fraction of sp³-hybridized carbons (Fsp3) is 0.450. The summed E-state index contributed by atoms with van der Waals surface area (Å²) < 4.78 is 15.8. The molecule has 0 spiro atoms. The molecule has 6 heteroatoms. The summed E-state index contributed by atoms with van der Waals surface area (Å²) in [6.45, 7) is 5.05. The summed E-state index contributed by atoms with van der Waals surface area (Å²) >= 11 is 0. The first-order valence-electron chi connectivity index (χ1n) is 8.69. The van der Waals surface area contributed by atoms with Gasteiger partial charge in [0.2, 0.25) is 0 Å². The van der Waals surface area contributed by atoms with E-state index in [-0.39, 0.29) is 18.9 Å². The zero-order chi connectivity index (χ0) is 19.1. The number of hydrogen-bond donors (Lipinski definition) is 0. The lowest BCUT2D eigenvalue weighted by Crippen LogP contribution is -2.28. The summed E-state index contributed by atoms with van der Waals surface area (Å²) in [6, 6.07) is 9.43. The lowest BCUT2D eigenvalue weighted by atomic mass is 9.89. The molecule has 26 heavy (non-hydrogen) atoms. The molecule has 2 atom stereocenters. The normalized spacial score (nSPS) is 22.8. The number of esters is 3. The Morgan fingerprint density at radius 3 is 2.62 bits per heavy atom. The van der Waals surface area contributed by atoms with Crippen LogP contribution < -0.4 is 0 Å². The standard InChI is InChI=1S/C20H24O6/c1-13(2)19(22)25-12-17-14(3)26-18(21)9-10-24-20(23)16(17)11-15-7-5-4-6-8-15/h4-8,12-14,16H,9-11H2,1-3H3/b17-12+/t14-,16+/m0/s1. The molecule has 2 rings (SSSR count). The first-order chi connectivity index (χ1) is 12.4. The molecule has 0 aromatic heterocycles. The van der Waals surface area contributed by atoms with E-state index in [4.69, 9.17) is 14.2 Å². The van der Waals surface area contributed by atoms with Gasteiger partial charge in [-0.1, -0.05) is 44.2 Å². The number of ether oxygens (including phenoxy) is 3. The number of benzene rings is 1. The Bertz CT molecular complexity index is 677. The van der Waals surface area contributed by atoms with Gasteiger partial charge in [-0.3, -0.25) is 14.4 Å². The Hall–Kier alpha value is -2.63. The molecule has 1 aromatic rings. The summed E-state index contributed by atoms with van der Waals surface area (Å²) in [5, 5.41) is 0. The summed E-state index contributed by atoms with van der Waals surface area (Å²) in [5.74, 6) is -2.39. The van der Waals surface area contributed by atoms with E-state index in [1.165, 1.54) is 6.26 Å². The topological polar surface area (TPSA) is 78.9 Å². The van der Waals surface area contributed by atoms with Gasteiger partial charge < -0.3 is 14.2 Å². The fourth-order valence-electron chi connectivity index (χ4n) is 2.57. The highest BCUT2D eigenvalue weighted by atomic mass is 16.6. The van der Waals surface area contributed by atoms with Crippen molar-refractivity contribution >= 4 is 17.9 Å². The predicted molar refractivity (Wildman–Crippen MR) is 93.8 cm³/mol. The van der Waals surface area contributed by atoms with Crippen LogP contribution in [0.3, 0.4) is 0 Å². The Kier molecular flexibility index (Phi) is 6.95. The minimum Gasteiger partial charge on any atom is -0.465 e. The van der Waals surface area contributed by atoms with Crippen LogP contribution in [-0.2, 0) is 35.0 Å². The third-order valence-electron chi connectivity index (χ3n) is 4.08. The molecule has 0 amide bonds. The van der Waals surface area contributed by atoms with Gasteiger partial charge in [0.05, 0.1) is 24.5 Å². The average Bonchev–Trinajstić information content (AvgIpc) is 2.64. The van der Waals surface area contributed by atoms with E-state index in [1.54, 1.807) is 20.8 Å². The fourth-order valence-corrected chi connectivity index (χ4v) is 2.57. The molecule has 1 saturated heterocycles. The molecule has 1 fully saturated rings. The summed E-state index contributed by atoms with van der Waals surface area (Å²) in [6.07, 6.45) is 0.877. The minimum atomic E-state index is -0.710. The van der Waals surface area contributed by atoms with Gasteiger partial charge >= 0.3 is 17.9 Å². The van der Waals surface area contributed by atoms with Crippen molar-refractivity contribution < 1.29 is 28.6 Å². The number of carbonyl (C=O) groups excluding carboxylic acids is 3. The summed E-state index contributed by atoms with van der Waals surface area (Å²) in [4.78, 5) is 36.2. The second-order valence-electron chi connectivity index (χ2n) is 6.50. The maximum Gasteiger partial charge on any atom is 0.313 e. The average molecular weight is 360 g/mol. The molecular formula is C20H24O6. The maximum atomic E-state index is 12.6. The highest BCUT2D eigenvalue weighted by molar-refractivity contribution is 5.79. The van der Waals surface area contributed by atoms with Crippen LogP contribution in [0, 0.1) is 11.8 Å². The van der Waals surface area contributed by atoms with Crippen molar-refractivity contribution in [1.29, 1.82) is 0 Å². The van der Waals surface area contributed by atoms with Crippen molar-refractivity contribution in [1.82, 2.24) is 0 Å². The second kappa shape index (κ2) is 9.17. The van der Waals surface area contributed by atoms with Gasteiger partial charge in [0.1, 0.15) is 12.7 Å². The molecular weight excluding hydrogens is 336 g/mol. The molecule has 0 unspecified atom stereocenters. The van der Waals surface area contributed by atoms with Crippen LogP contribution in [0.4, 0.5) is 0 Å². The van der Waals surface area contributed by atoms with Crippen molar-refractivity contribution in [2.75, 3.05) is 6.61 Å². The van der Waals surface area contributed by atoms with E-state index < -0.39 is 29.9 Å². The van der Waals surface area contributed by atoms with Crippen molar-refractivity contribution in [3.63, 3.8) is 0 Å². The first kappa shape index (κ1) is 19.7. The smallest absolute Gasteiger partial charge is 0.313 e. The number of carbonyl (C=O) groups is 3. The van der Waals surface area contributed by atoms with Gasteiger partial charge in [-0.25, -0.2) is 0 Å². The molecule has 1 aliphatic rings. The minimum absolute atomic E-state index is 0.00675. The third-order valence-corrected chi connectivity index (χ3v) is 4.08. The molecule has 0 radical (unpaired) electrons. The van der Waals surface area contributed by atoms with E-state index in [1.807, 2.05) is 30.3 Å². The monoisotopic (exact) mass is 360 g/mol. The van der Waals surface area contributed by atoms with E-state index in [9.17, 15) is 14.4 Å². The molecule has 1 aromatic carbocycles. The summed E-state index contributed by atoms with van der Waals surface area (Å²) in [5.41, 5.74) is 1.33. The van der Waals surface area contributed by atoms with Gasteiger partial charge in [-0.2, -0.15) is 0 Å². The third kappa shape index (κ3) is 5.44. The first-order valence-corrected chi connectivity index (χ1v) is 8.69. The van der Waals surface area contributed by atoms with Crippen LogP contribution in [0.15, 0.2) is 42.2 Å².